The number of carbonyl (C=O) groups is 1. The lowest BCUT2D eigenvalue weighted by atomic mass is 9.98. The van der Waals surface area contributed by atoms with Gasteiger partial charge in [0.25, 0.3) is 5.91 Å². The largest absolute Gasteiger partial charge is 0.318 e. The molecule has 0 saturated carbocycles. The van der Waals surface area contributed by atoms with Gasteiger partial charge >= 0.3 is 0 Å². The molecule has 0 atom stereocenters. The number of anilines is 1. The third kappa shape index (κ3) is 3.87. The van der Waals surface area contributed by atoms with Crippen molar-refractivity contribution < 1.29 is 9.18 Å². The van der Waals surface area contributed by atoms with Gasteiger partial charge in [0.05, 0.1) is 15.6 Å². The number of thiophene rings is 1. The number of hydrogen-bond donors (Lipinski definition) is 1. The van der Waals surface area contributed by atoms with E-state index in [1.54, 1.807) is 12.3 Å². The average Bonchev–Trinajstić information content (AvgIpc) is 3.14. The Morgan fingerprint density at radius 3 is 2.71 bits per heavy atom. The number of carbonyl (C=O) groups excluding carboxylic acids is 1. The Morgan fingerprint density at radius 1 is 1.03 bits per heavy atom. The third-order valence-electron chi connectivity index (χ3n) is 5.48. The lowest BCUT2D eigenvalue weighted by Crippen LogP contribution is -2.11. The summed E-state index contributed by atoms with van der Waals surface area (Å²) in [5.74, 6) is -0.902. The van der Waals surface area contributed by atoms with Crippen LogP contribution in [0.25, 0.3) is 21.6 Å². The van der Waals surface area contributed by atoms with Crippen LogP contribution in [0, 0.1) is 5.82 Å². The Morgan fingerprint density at radius 2 is 1.90 bits per heavy atom. The van der Waals surface area contributed by atoms with E-state index in [2.05, 4.69) is 28.5 Å². The molecular weight excluding hydrogens is 431 g/mol. The van der Waals surface area contributed by atoms with Crippen molar-refractivity contribution in [2.24, 2.45) is 0 Å². The molecule has 0 bridgehead atoms. The normalized spacial score (nSPS) is 12.6. The molecule has 0 saturated heterocycles. The number of rotatable bonds is 3. The Balaban J connectivity index is 1.53. The number of amides is 1. The van der Waals surface area contributed by atoms with Gasteiger partial charge in [0, 0.05) is 22.8 Å². The van der Waals surface area contributed by atoms with Crippen LogP contribution in [-0.2, 0) is 12.8 Å². The molecule has 0 radical (unpaired) electrons. The first kappa shape index (κ1) is 19.9. The predicted octanol–water partition coefficient (Wildman–Crippen LogP) is 7.01. The molecule has 0 spiro atoms. The molecule has 5 rings (SSSR count). The third-order valence-corrected chi connectivity index (χ3v) is 7.00. The van der Waals surface area contributed by atoms with E-state index in [0.717, 1.165) is 46.4 Å². The first-order chi connectivity index (χ1) is 15.1. The number of halogens is 2. The van der Waals surface area contributed by atoms with Crippen molar-refractivity contribution >= 4 is 34.5 Å². The van der Waals surface area contributed by atoms with Gasteiger partial charge in [-0.15, -0.1) is 11.3 Å². The Bertz CT molecular complexity index is 1270. The molecule has 1 aliphatic rings. The van der Waals surface area contributed by atoms with Gasteiger partial charge < -0.3 is 5.32 Å². The second kappa shape index (κ2) is 8.25. The summed E-state index contributed by atoms with van der Waals surface area (Å²) in [5.41, 5.74) is 5.74. The zero-order valence-corrected chi connectivity index (χ0v) is 18.1. The van der Waals surface area contributed by atoms with Gasteiger partial charge in [0.15, 0.2) is 0 Å². The molecule has 3 nitrogen and oxygen atoms in total. The van der Waals surface area contributed by atoms with E-state index in [9.17, 15) is 9.18 Å². The van der Waals surface area contributed by atoms with Gasteiger partial charge in [-0.1, -0.05) is 35.9 Å². The minimum absolute atomic E-state index is 0.0111. The monoisotopic (exact) mass is 448 g/mol. The SMILES string of the molecule is O=C(Nc1c(F)cccc1Cl)c1cc2c(s1)-c1cc(-c3cccnc3)ccc1CCC2. The van der Waals surface area contributed by atoms with Crippen LogP contribution >= 0.6 is 22.9 Å². The number of para-hydroxylation sites is 1. The van der Waals surface area contributed by atoms with E-state index in [4.69, 9.17) is 11.6 Å². The molecular formula is C25H18ClFN2OS. The van der Waals surface area contributed by atoms with Crippen molar-refractivity contribution in [2.45, 2.75) is 19.3 Å². The zero-order valence-electron chi connectivity index (χ0n) is 16.5. The highest BCUT2D eigenvalue weighted by Gasteiger charge is 2.22. The predicted molar refractivity (Wildman–Crippen MR) is 124 cm³/mol. The topological polar surface area (TPSA) is 42.0 Å². The lowest BCUT2D eigenvalue weighted by molar-refractivity contribution is 0.103. The summed E-state index contributed by atoms with van der Waals surface area (Å²) < 4.78 is 14.1. The minimum atomic E-state index is -0.551. The fourth-order valence-corrected chi connectivity index (χ4v) is 5.30. The molecule has 31 heavy (non-hydrogen) atoms. The first-order valence-corrected chi connectivity index (χ1v) is 11.2. The number of fused-ring (bicyclic) bond motifs is 3. The van der Waals surface area contributed by atoms with E-state index in [-0.39, 0.29) is 16.6 Å². The lowest BCUT2D eigenvalue weighted by Gasteiger charge is -2.09. The van der Waals surface area contributed by atoms with Crippen LogP contribution in [0.5, 0.6) is 0 Å². The molecule has 6 heteroatoms. The number of hydrogen-bond acceptors (Lipinski definition) is 3. The zero-order chi connectivity index (χ0) is 21.4. The van der Waals surface area contributed by atoms with Crippen LogP contribution in [0.15, 0.2) is 67.0 Å². The number of nitrogens with one attached hydrogen (secondary N) is 1. The van der Waals surface area contributed by atoms with Crippen LogP contribution in [0.2, 0.25) is 5.02 Å². The summed E-state index contributed by atoms with van der Waals surface area (Å²) in [6, 6.07) is 16.7. The average molecular weight is 449 g/mol. The molecule has 0 aliphatic heterocycles. The molecule has 0 fully saturated rings. The van der Waals surface area contributed by atoms with Crippen molar-refractivity contribution in [3.63, 3.8) is 0 Å². The Labute approximate surface area is 188 Å². The number of aromatic nitrogens is 1. The Hall–Kier alpha value is -3.02. The van der Waals surface area contributed by atoms with Crippen LogP contribution in [0.1, 0.15) is 27.2 Å². The maximum absolute atomic E-state index is 14.1. The highest BCUT2D eigenvalue weighted by molar-refractivity contribution is 7.17. The van der Waals surface area contributed by atoms with Crippen molar-refractivity contribution in [3.8, 4) is 21.6 Å². The number of nitrogens with zero attached hydrogens (tertiary/aromatic N) is 1. The van der Waals surface area contributed by atoms with Gasteiger partial charge in [-0.25, -0.2) is 4.39 Å². The summed E-state index contributed by atoms with van der Waals surface area (Å²) in [5, 5.41) is 2.82. The molecule has 2 aromatic heterocycles. The van der Waals surface area contributed by atoms with Crippen molar-refractivity contribution in [2.75, 3.05) is 5.32 Å². The summed E-state index contributed by atoms with van der Waals surface area (Å²) in [7, 11) is 0. The number of aryl methyl sites for hydroxylation is 2. The van der Waals surface area contributed by atoms with Crippen LogP contribution in [0.4, 0.5) is 10.1 Å². The quantitative estimate of drug-likeness (QED) is 0.366. The number of pyridine rings is 1. The fraction of sp³-hybridized carbons (Fsp3) is 0.120. The number of benzene rings is 2. The van der Waals surface area contributed by atoms with Gasteiger partial charge in [-0.2, -0.15) is 0 Å². The highest BCUT2D eigenvalue weighted by atomic mass is 35.5. The van der Waals surface area contributed by atoms with E-state index < -0.39 is 5.82 Å². The van der Waals surface area contributed by atoms with Gasteiger partial charge in [0.1, 0.15) is 5.82 Å². The van der Waals surface area contributed by atoms with Crippen molar-refractivity contribution in [1.82, 2.24) is 4.98 Å². The Kier molecular flexibility index (Phi) is 5.30. The molecule has 154 valence electrons. The second-order valence-corrected chi connectivity index (χ2v) is 8.94. The smallest absolute Gasteiger partial charge is 0.265 e. The second-order valence-electron chi connectivity index (χ2n) is 7.48. The van der Waals surface area contributed by atoms with E-state index in [1.807, 2.05) is 24.4 Å². The molecule has 1 aliphatic carbocycles. The van der Waals surface area contributed by atoms with E-state index in [1.165, 1.54) is 29.0 Å². The minimum Gasteiger partial charge on any atom is -0.318 e. The molecule has 2 heterocycles. The van der Waals surface area contributed by atoms with Gasteiger partial charge in [-0.05, 0) is 71.8 Å². The van der Waals surface area contributed by atoms with E-state index >= 15 is 0 Å². The molecule has 2 aromatic carbocycles. The molecule has 1 amide bonds. The van der Waals surface area contributed by atoms with Crippen LogP contribution in [0.3, 0.4) is 0 Å². The maximum Gasteiger partial charge on any atom is 0.265 e. The molecule has 0 unspecified atom stereocenters. The molecule has 4 aromatic rings. The van der Waals surface area contributed by atoms with E-state index in [0.29, 0.717) is 4.88 Å². The summed E-state index contributed by atoms with van der Waals surface area (Å²) in [4.78, 5) is 18.8. The van der Waals surface area contributed by atoms with Crippen molar-refractivity contribution in [3.05, 3.63) is 93.8 Å². The van der Waals surface area contributed by atoms with Gasteiger partial charge in [0.2, 0.25) is 0 Å². The maximum atomic E-state index is 14.1. The van der Waals surface area contributed by atoms with Crippen LogP contribution < -0.4 is 5.32 Å². The van der Waals surface area contributed by atoms with Gasteiger partial charge in [-0.3, -0.25) is 9.78 Å². The van der Waals surface area contributed by atoms with Crippen molar-refractivity contribution in [1.29, 1.82) is 0 Å². The molecule has 1 N–H and O–H groups in total. The first-order valence-electron chi connectivity index (χ1n) is 10.0. The summed E-state index contributed by atoms with van der Waals surface area (Å²) in [6.07, 6.45) is 6.53. The standard InChI is InChI=1S/C25H18ClFN2OS/c26-20-7-2-8-21(27)23(20)29-25(30)22-13-17-5-1-4-15-9-10-16(12-19(15)24(17)31-22)18-6-3-11-28-14-18/h2-3,6-14H,1,4-5H2,(H,29,30). The summed E-state index contributed by atoms with van der Waals surface area (Å²) in [6.45, 7) is 0. The van der Waals surface area contributed by atoms with Crippen LogP contribution in [-0.4, -0.2) is 10.9 Å². The summed E-state index contributed by atoms with van der Waals surface area (Å²) >= 11 is 7.51. The highest BCUT2D eigenvalue weighted by Crippen LogP contribution is 2.41. The fourth-order valence-electron chi connectivity index (χ4n) is 3.93.